The maximum absolute atomic E-state index is 6.11. The van der Waals surface area contributed by atoms with Gasteiger partial charge >= 0.3 is 0 Å². The molecule has 0 spiro atoms. The number of rotatable bonds is 10. The van der Waals surface area contributed by atoms with Gasteiger partial charge in [-0.2, -0.15) is 0 Å². The van der Waals surface area contributed by atoms with E-state index in [-0.39, 0.29) is 18.3 Å². The molecular weight excluding hydrogens is 328 g/mol. The van der Waals surface area contributed by atoms with Gasteiger partial charge in [-0.3, -0.25) is 0 Å². The summed E-state index contributed by atoms with van der Waals surface area (Å²) in [6, 6.07) is 0. The fourth-order valence-corrected chi connectivity index (χ4v) is 3.68. The molecule has 0 aromatic carbocycles. The highest BCUT2D eigenvalue weighted by atomic mass is 28.2. The highest BCUT2D eigenvalue weighted by molar-refractivity contribution is 6.30. The van der Waals surface area contributed by atoms with Crippen LogP contribution in [0.15, 0.2) is 12.3 Å². The van der Waals surface area contributed by atoms with Crippen molar-refractivity contribution in [1.82, 2.24) is 0 Å². The smallest absolute Gasteiger partial charge is 0.233 e. The van der Waals surface area contributed by atoms with Crippen molar-refractivity contribution >= 4 is 29.3 Å². The number of hydrogen-bond acceptors (Lipinski definition) is 4. The molecule has 124 valence electrons. The standard InChI is InChI=1S/C15H28O4Si3/c1-10(2)20-17-9-14-15(19-22-12(5)6)13(7-8-16-14)18-21-11(3)4/h7-8,10-15H,9H2,1-6H3/t13-,14-,15+/m1/s1. The monoisotopic (exact) mass is 356 g/mol. The van der Waals surface area contributed by atoms with Crippen molar-refractivity contribution < 1.29 is 18.0 Å². The Hall–Kier alpha value is 0.0706. The molecule has 7 heteroatoms. The van der Waals surface area contributed by atoms with Crippen LogP contribution in [0.25, 0.3) is 0 Å². The lowest BCUT2D eigenvalue weighted by molar-refractivity contribution is -0.0570. The van der Waals surface area contributed by atoms with Crippen LogP contribution in [0.5, 0.6) is 0 Å². The van der Waals surface area contributed by atoms with Crippen LogP contribution in [0, 0.1) is 0 Å². The second-order valence-corrected chi connectivity index (χ2v) is 11.2. The van der Waals surface area contributed by atoms with E-state index in [4.69, 9.17) is 18.0 Å². The van der Waals surface area contributed by atoms with E-state index in [0.29, 0.717) is 52.5 Å². The van der Waals surface area contributed by atoms with Crippen molar-refractivity contribution in [2.75, 3.05) is 6.61 Å². The van der Waals surface area contributed by atoms with Crippen molar-refractivity contribution in [3.05, 3.63) is 12.3 Å². The first-order valence-corrected chi connectivity index (χ1v) is 10.9. The van der Waals surface area contributed by atoms with Crippen LogP contribution in [0.3, 0.4) is 0 Å². The molecule has 0 aromatic rings. The first-order valence-electron chi connectivity index (χ1n) is 7.92. The predicted molar refractivity (Wildman–Crippen MR) is 92.3 cm³/mol. The van der Waals surface area contributed by atoms with Crippen LogP contribution in [0.2, 0.25) is 16.6 Å². The minimum atomic E-state index is -0.0931. The van der Waals surface area contributed by atoms with Gasteiger partial charge in [-0.1, -0.05) is 41.5 Å². The van der Waals surface area contributed by atoms with Gasteiger partial charge < -0.3 is 18.0 Å². The summed E-state index contributed by atoms with van der Waals surface area (Å²) in [5, 5.41) is 0. The number of hydrogen-bond donors (Lipinski definition) is 0. The Kier molecular flexibility index (Phi) is 9.85. The van der Waals surface area contributed by atoms with E-state index < -0.39 is 0 Å². The van der Waals surface area contributed by atoms with Crippen molar-refractivity contribution in [3.63, 3.8) is 0 Å². The van der Waals surface area contributed by atoms with Gasteiger partial charge in [-0.05, 0) is 22.7 Å². The summed E-state index contributed by atoms with van der Waals surface area (Å²) in [5.74, 6) is 0. The third kappa shape index (κ3) is 8.07. The van der Waals surface area contributed by atoms with Crippen LogP contribution >= 0.6 is 0 Å². The Bertz CT molecular complexity index is 324. The first kappa shape index (κ1) is 20.1. The Morgan fingerprint density at radius 2 is 1.50 bits per heavy atom. The van der Waals surface area contributed by atoms with Gasteiger partial charge in [0, 0.05) is 0 Å². The zero-order chi connectivity index (χ0) is 16.5. The maximum Gasteiger partial charge on any atom is 0.233 e. The molecule has 0 fully saturated rings. The largest absolute Gasteiger partial charge is 0.493 e. The molecular formula is C15H28O4Si3. The highest BCUT2D eigenvalue weighted by Crippen LogP contribution is 2.21. The highest BCUT2D eigenvalue weighted by Gasteiger charge is 2.34. The molecule has 3 atom stereocenters. The lowest BCUT2D eigenvalue weighted by Crippen LogP contribution is -2.47. The molecule has 0 N–H and O–H groups in total. The van der Waals surface area contributed by atoms with Crippen LogP contribution < -0.4 is 0 Å². The molecule has 1 rings (SSSR count). The van der Waals surface area contributed by atoms with E-state index in [9.17, 15) is 0 Å². The molecule has 0 saturated heterocycles. The Labute approximate surface area is 143 Å². The van der Waals surface area contributed by atoms with Crippen molar-refractivity contribution in [3.8, 4) is 0 Å². The summed E-state index contributed by atoms with van der Waals surface area (Å²) in [5.41, 5.74) is 1.59. The third-order valence-corrected chi connectivity index (χ3v) is 5.22. The van der Waals surface area contributed by atoms with Crippen molar-refractivity contribution in [2.24, 2.45) is 0 Å². The fourth-order valence-electron chi connectivity index (χ4n) is 1.73. The summed E-state index contributed by atoms with van der Waals surface area (Å²) in [7, 11) is 1.41. The molecule has 0 bridgehead atoms. The van der Waals surface area contributed by atoms with Gasteiger partial charge in [-0.15, -0.1) is 0 Å². The molecule has 0 unspecified atom stereocenters. The molecule has 4 nitrogen and oxygen atoms in total. The SMILES string of the molecule is CC(C)[Si]OC[C@H]1OC=C[C@@H](O[Si]C(C)C)[C@@H]1O[Si]C(C)C. The molecule has 22 heavy (non-hydrogen) atoms. The van der Waals surface area contributed by atoms with Gasteiger partial charge in [0.2, 0.25) is 29.3 Å². The van der Waals surface area contributed by atoms with E-state index in [1.165, 1.54) is 0 Å². The minimum absolute atomic E-state index is 0.0447. The van der Waals surface area contributed by atoms with Crippen molar-refractivity contribution in [1.29, 1.82) is 0 Å². The van der Waals surface area contributed by atoms with Crippen molar-refractivity contribution in [2.45, 2.75) is 76.5 Å². The molecule has 0 saturated carbocycles. The van der Waals surface area contributed by atoms with Crippen LogP contribution in [0.1, 0.15) is 41.5 Å². The Morgan fingerprint density at radius 1 is 0.909 bits per heavy atom. The topological polar surface area (TPSA) is 36.9 Å². The fraction of sp³-hybridized carbons (Fsp3) is 0.867. The average Bonchev–Trinajstić information content (AvgIpc) is 2.43. The molecule has 1 aliphatic heterocycles. The minimum Gasteiger partial charge on any atom is -0.493 e. The van der Waals surface area contributed by atoms with Gasteiger partial charge in [0.25, 0.3) is 0 Å². The zero-order valence-corrected chi connectivity index (χ0v) is 17.5. The van der Waals surface area contributed by atoms with E-state index in [0.717, 1.165) is 0 Å². The number of ether oxygens (including phenoxy) is 1. The summed E-state index contributed by atoms with van der Waals surface area (Å²) in [4.78, 5) is 0. The average molecular weight is 357 g/mol. The second-order valence-electron chi connectivity index (χ2n) is 6.30. The van der Waals surface area contributed by atoms with E-state index in [1.54, 1.807) is 6.26 Å². The molecule has 1 aliphatic rings. The lowest BCUT2D eigenvalue weighted by atomic mass is 10.1. The summed E-state index contributed by atoms with van der Waals surface area (Å²) < 4.78 is 23.7. The van der Waals surface area contributed by atoms with Crippen LogP contribution in [0.4, 0.5) is 0 Å². The van der Waals surface area contributed by atoms with E-state index >= 15 is 0 Å². The molecule has 0 aromatic heterocycles. The van der Waals surface area contributed by atoms with E-state index in [2.05, 4.69) is 41.5 Å². The lowest BCUT2D eigenvalue weighted by Gasteiger charge is -2.35. The summed E-state index contributed by atoms with van der Waals surface area (Å²) >= 11 is 0. The quantitative estimate of drug-likeness (QED) is 0.564. The molecule has 0 aliphatic carbocycles. The summed E-state index contributed by atoms with van der Waals surface area (Å²) in [6.07, 6.45) is 3.47. The van der Waals surface area contributed by atoms with Gasteiger partial charge in [-0.25, -0.2) is 0 Å². The zero-order valence-electron chi connectivity index (χ0n) is 14.5. The molecule has 0 amide bonds. The molecule has 1 heterocycles. The Balaban J connectivity index is 2.60. The Morgan fingerprint density at radius 3 is 2.09 bits per heavy atom. The van der Waals surface area contributed by atoms with Gasteiger partial charge in [0.15, 0.2) is 0 Å². The first-order chi connectivity index (χ1) is 10.4. The maximum atomic E-state index is 6.11. The second kappa shape index (κ2) is 10.8. The van der Waals surface area contributed by atoms with Crippen LogP contribution in [-0.4, -0.2) is 54.2 Å². The normalized spacial score (nSPS) is 25.2. The van der Waals surface area contributed by atoms with Gasteiger partial charge in [0.05, 0.1) is 19.0 Å². The van der Waals surface area contributed by atoms with Gasteiger partial charge in [0.1, 0.15) is 12.2 Å². The summed E-state index contributed by atoms with van der Waals surface area (Å²) in [6.45, 7) is 13.5. The third-order valence-electron chi connectivity index (χ3n) is 2.66. The predicted octanol–water partition coefficient (Wildman–Crippen LogP) is 3.03. The molecule has 6 radical (unpaired) electrons. The van der Waals surface area contributed by atoms with Crippen LogP contribution in [-0.2, 0) is 18.0 Å². The van der Waals surface area contributed by atoms with E-state index in [1.807, 2.05) is 6.08 Å².